The summed E-state index contributed by atoms with van der Waals surface area (Å²) < 4.78 is 2.33. The Balaban J connectivity index is 1.48. The quantitative estimate of drug-likeness (QED) is 0.895. The molecule has 1 amide bonds. The summed E-state index contributed by atoms with van der Waals surface area (Å²) in [5.74, 6) is 2.35. The van der Waals surface area contributed by atoms with Crippen molar-refractivity contribution in [2.45, 2.75) is 64.8 Å². The zero-order chi connectivity index (χ0) is 18.1. The predicted octanol–water partition coefficient (Wildman–Crippen LogP) is 3.30. The van der Waals surface area contributed by atoms with E-state index >= 15 is 0 Å². The van der Waals surface area contributed by atoms with E-state index in [1.807, 2.05) is 18.0 Å². The topological polar surface area (TPSA) is 66.8 Å². The average molecular weight is 355 g/mol. The molecule has 1 aliphatic carbocycles. The Hall–Kier alpha value is -2.11. The molecule has 0 spiro atoms. The second kappa shape index (κ2) is 7.25. The van der Waals surface area contributed by atoms with Gasteiger partial charge < -0.3 is 9.47 Å². The van der Waals surface area contributed by atoms with Gasteiger partial charge in [-0.3, -0.25) is 9.89 Å². The molecule has 1 atom stereocenters. The number of aromatic nitrogens is 4. The molecule has 0 bridgehead atoms. The number of piperidine rings is 1. The lowest BCUT2D eigenvalue weighted by Gasteiger charge is -2.33. The minimum absolute atomic E-state index is 0.0558. The molecule has 1 saturated heterocycles. The Kier molecular flexibility index (Phi) is 4.83. The molecule has 2 fully saturated rings. The fourth-order valence-electron chi connectivity index (χ4n) is 4.30. The van der Waals surface area contributed by atoms with E-state index in [0.29, 0.717) is 11.6 Å². The summed E-state index contributed by atoms with van der Waals surface area (Å²) in [6.45, 7) is 6.70. The summed E-state index contributed by atoms with van der Waals surface area (Å²) in [7, 11) is 0. The fraction of sp³-hybridized carbons (Fsp3) is 0.650. The molecule has 0 unspecified atom stereocenters. The molecule has 2 aromatic heterocycles. The van der Waals surface area contributed by atoms with E-state index in [-0.39, 0.29) is 5.91 Å². The number of aryl methyl sites for hydroxylation is 1. The van der Waals surface area contributed by atoms with Crippen LogP contribution in [0.3, 0.4) is 0 Å². The monoisotopic (exact) mass is 355 g/mol. The van der Waals surface area contributed by atoms with E-state index in [1.54, 1.807) is 0 Å². The summed E-state index contributed by atoms with van der Waals surface area (Å²) in [5, 5.41) is 7.30. The molecular weight excluding hydrogens is 326 g/mol. The third-order valence-corrected chi connectivity index (χ3v) is 6.17. The summed E-state index contributed by atoms with van der Waals surface area (Å²) >= 11 is 0. The maximum absolute atomic E-state index is 13.0. The molecule has 2 aliphatic rings. The lowest BCUT2D eigenvalue weighted by molar-refractivity contribution is 0.0696. The molecule has 1 N–H and O–H groups in total. The van der Waals surface area contributed by atoms with Crippen LogP contribution in [0.1, 0.15) is 72.5 Å². The van der Waals surface area contributed by atoms with E-state index in [4.69, 9.17) is 0 Å². The number of likely N-dealkylation sites (tertiary alicyclic amines) is 1. The Labute approximate surface area is 155 Å². The van der Waals surface area contributed by atoms with Gasteiger partial charge >= 0.3 is 0 Å². The predicted molar refractivity (Wildman–Crippen MR) is 100 cm³/mol. The van der Waals surface area contributed by atoms with Crippen molar-refractivity contribution in [3.63, 3.8) is 0 Å². The summed E-state index contributed by atoms with van der Waals surface area (Å²) in [4.78, 5) is 19.6. The van der Waals surface area contributed by atoms with Crippen LogP contribution in [0.25, 0.3) is 0 Å². The van der Waals surface area contributed by atoms with Crippen LogP contribution in [-0.2, 0) is 13.0 Å². The Bertz CT molecular complexity index is 773. The van der Waals surface area contributed by atoms with Gasteiger partial charge in [0.15, 0.2) is 5.69 Å². The first-order valence-electron chi connectivity index (χ1n) is 10.0. The first kappa shape index (κ1) is 17.3. The van der Waals surface area contributed by atoms with Crippen molar-refractivity contribution in [1.82, 2.24) is 24.6 Å². The lowest BCUT2D eigenvalue weighted by atomic mass is 9.85. The van der Waals surface area contributed by atoms with Gasteiger partial charge in [0.25, 0.3) is 5.91 Å². The maximum atomic E-state index is 13.0. The van der Waals surface area contributed by atoms with Gasteiger partial charge in [0.1, 0.15) is 5.82 Å². The highest BCUT2D eigenvalue weighted by atomic mass is 16.2. The van der Waals surface area contributed by atoms with Crippen LogP contribution in [0.2, 0.25) is 0 Å². The number of imidazole rings is 1. The molecule has 0 aromatic carbocycles. The van der Waals surface area contributed by atoms with Crippen molar-refractivity contribution in [3.8, 4) is 0 Å². The van der Waals surface area contributed by atoms with Crippen LogP contribution in [0.5, 0.6) is 0 Å². The van der Waals surface area contributed by atoms with Gasteiger partial charge in [0.2, 0.25) is 0 Å². The highest BCUT2D eigenvalue weighted by molar-refractivity contribution is 5.94. The minimum atomic E-state index is 0.0558. The first-order valence-corrected chi connectivity index (χ1v) is 10.0. The smallest absolute Gasteiger partial charge is 0.274 e. The molecule has 2 aromatic rings. The van der Waals surface area contributed by atoms with Crippen LogP contribution in [0.4, 0.5) is 0 Å². The molecule has 6 nitrogen and oxygen atoms in total. The first-order chi connectivity index (χ1) is 12.7. The Morgan fingerprint density at radius 2 is 2.15 bits per heavy atom. The van der Waals surface area contributed by atoms with Gasteiger partial charge in [-0.1, -0.05) is 13.3 Å². The minimum Gasteiger partial charge on any atom is -0.337 e. The SMILES string of the molecule is CCc1[nH]nc(C(=O)N2CCC[C@H](c3nccn3CC3CCC3)C2)c1C. The number of amides is 1. The van der Waals surface area contributed by atoms with Gasteiger partial charge in [-0.25, -0.2) is 4.98 Å². The largest absolute Gasteiger partial charge is 0.337 e. The van der Waals surface area contributed by atoms with Crippen LogP contribution in [0, 0.1) is 12.8 Å². The number of nitrogens with zero attached hydrogens (tertiary/aromatic N) is 4. The molecule has 3 heterocycles. The van der Waals surface area contributed by atoms with Crippen molar-refractivity contribution in [2.75, 3.05) is 13.1 Å². The van der Waals surface area contributed by atoms with E-state index in [0.717, 1.165) is 61.9 Å². The maximum Gasteiger partial charge on any atom is 0.274 e. The number of nitrogens with one attached hydrogen (secondary N) is 1. The van der Waals surface area contributed by atoms with Gasteiger partial charge in [-0.2, -0.15) is 5.10 Å². The van der Waals surface area contributed by atoms with Crippen LogP contribution >= 0.6 is 0 Å². The zero-order valence-corrected chi connectivity index (χ0v) is 15.9. The molecule has 1 saturated carbocycles. The summed E-state index contributed by atoms with van der Waals surface area (Å²) in [6, 6.07) is 0. The third kappa shape index (κ3) is 3.17. The molecule has 6 heteroatoms. The highest BCUT2D eigenvalue weighted by Gasteiger charge is 2.30. The van der Waals surface area contributed by atoms with E-state index < -0.39 is 0 Å². The molecular formula is C20H29N5O. The van der Waals surface area contributed by atoms with Crippen LogP contribution < -0.4 is 0 Å². The number of aromatic amines is 1. The fourth-order valence-corrected chi connectivity index (χ4v) is 4.30. The molecule has 26 heavy (non-hydrogen) atoms. The number of H-pyrrole nitrogens is 1. The summed E-state index contributed by atoms with van der Waals surface area (Å²) in [5.41, 5.74) is 2.63. The van der Waals surface area contributed by atoms with Gasteiger partial charge in [0.05, 0.1) is 0 Å². The van der Waals surface area contributed by atoms with Crippen LogP contribution in [-0.4, -0.2) is 43.6 Å². The lowest BCUT2D eigenvalue weighted by Crippen LogP contribution is -2.40. The van der Waals surface area contributed by atoms with Crippen molar-refractivity contribution in [2.24, 2.45) is 5.92 Å². The van der Waals surface area contributed by atoms with Crippen LogP contribution in [0.15, 0.2) is 12.4 Å². The Morgan fingerprint density at radius 1 is 1.31 bits per heavy atom. The number of carbonyl (C=O) groups is 1. The second-order valence-corrected chi connectivity index (χ2v) is 7.85. The number of carbonyl (C=O) groups excluding carboxylic acids is 1. The number of rotatable bonds is 5. The van der Waals surface area contributed by atoms with Crippen molar-refractivity contribution < 1.29 is 4.79 Å². The van der Waals surface area contributed by atoms with Crippen molar-refractivity contribution >= 4 is 5.91 Å². The van der Waals surface area contributed by atoms with E-state index in [9.17, 15) is 4.79 Å². The third-order valence-electron chi connectivity index (χ3n) is 6.17. The van der Waals surface area contributed by atoms with Crippen molar-refractivity contribution in [1.29, 1.82) is 0 Å². The Morgan fingerprint density at radius 3 is 2.85 bits per heavy atom. The second-order valence-electron chi connectivity index (χ2n) is 7.85. The van der Waals surface area contributed by atoms with Gasteiger partial charge in [-0.15, -0.1) is 0 Å². The molecule has 1 aliphatic heterocycles. The average Bonchev–Trinajstić information content (AvgIpc) is 3.24. The molecule has 140 valence electrons. The summed E-state index contributed by atoms with van der Waals surface area (Å²) in [6.07, 6.45) is 11.1. The standard InChI is InChI=1S/C20H29N5O/c1-3-17-14(2)18(23-22-17)20(26)25-10-5-8-16(13-25)19-21-9-11-24(19)12-15-6-4-7-15/h9,11,15-16H,3-8,10,12-13H2,1-2H3,(H,22,23)/t16-/m0/s1. The van der Waals surface area contributed by atoms with E-state index in [2.05, 4.69) is 32.9 Å². The van der Waals surface area contributed by atoms with Gasteiger partial charge in [0, 0.05) is 49.2 Å². The van der Waals surface area contributed by atoms with E-state index in [1.165, 1.54) is 19.3 Å². The number of hydrogen-bond donors (Lipinski definition) is 1. The van der Waals surface area contributed by atoms with Crippen molar-refractivity contribution in [3.05, 3.63) is 35.2 Å². The highest BCUT2D eigenvalue weighted by Crippen LogP contribution is 2.31. The zero-order valence-electron chi connectivity index (χ0n) is 15.9. The van der Waals surface area contributed by atoms with Gasteiger partial charge in [-0.05, 0) is 44.9 Å². The molecule has 0 radical (unpaired) electrons. The normalized spacial score (nSPS) is 21.0. The number of hydrogen-bond acceptors (Lipinski definition) is 3. The molecule has 4 rings (SSSR count).